The van der Waals surface area contributed by atoms with E-state index >= 15 is 0 Å². The van der Waals surface area contributed by atoms with E-state index in [1.54, 1.807) is 24.3 Å². The smallest absolute Gasteiger partial charge is 0.226 e. The van der Waals surface area contributed by atoms with Gasteiger partial charge in [-0.15, -0.1) is 0 Å². The molecule has 2 N–H and O–H groups in total. The zero-order valence-corrected chi connectivity index (χ0v) is 12.1. The summed E-state index contributed by atoms with van der Waals surface area (Å²) in [5, 5.41) is 13.6. The number of nitriles is 1. The maximum atomic E-state index is 11.0. The summed E-state index contributed by atoms with van der Waals surface area (Å²) in [4.78, 5) is 7.51. The Bertz CT molecular complexity index is 800. The molecule has 0 aliphatic heterocycles. The van der Waals surface area contributed by atoms with Crippen molar-refractivity contribution in [1.82, 2.24) is 9.97 Å². The second-order valence-electron chi connectivity index (χ2n) is 4.03. The number of aromatic nitrogens is 2. The topological polar surface area (TPSA) is 119 Å². The van der Waals surface area contributed by atoms with Gasteiger partial charge in [0.05, 0.1) is 5.75 Å². The molecule has 0 aliphatic carbocycles. The van der Waals surface area contributed by atoms with Crippen molar-refractivity contribution < 1.29 is 13.2 Å². The van der Waals surface area contributed by atoms with Crippen LogP contribution < -0.4 is 9.88 Å². The predicted molar refractivity (Wildman–Crippen MR) is 75.1 cm³/mol. The highest BCUT2D eigenvalue weighted by molar-refractivity contribution is 7.88. The molecule has 1 aromatic carbocycles. The van der Waals surface area contributed by atoms with Gasteiger partial charge >= 0.3 is 0 Å². The molecule has 2 aromatic rings. The molecule has 0 aliphatic rings. The van der Waals surface area contributed by atoms with Crippen LogP contribution in [0.4, 0.5) is 0 Å². The minimum absolute atomic E-state index is 0.0795. The zero-order chi connectivity index (χ0) is 15.5. The van der Waals surface area contributed by atoms with Gasteiger partial charge in [0.15, 0.2) is 0 Å². The number of hydrogen-bond donors (Lipinski definition) is 1. The number of rotatable bonds is 4. The summed E-state index contributed by atoms with van der Waals surface area (Å²) in [7, 11) is -3.58. The van der Waals surface area contributed by atoms with Gasteiger partial charge in [0, 0.05) is 6.07 Å². The van der Waals surface area contributed by atoms with E-state index in [1.807, 2.05) is 6.07 Å². The summed E-state index contributed by atoms with van der Waals surface area (Å²) >= 11 is 5.66. The first kappa shape index (κ1) is 15.2. The minimum atomic E-state index is -3.58. The Balaban J connectivity index is 2.17. The van der Waals surface area contributed by atoms with Gasteiger partial charge in [-0.3, -0.25) is 0 Å². The molecule has 0 unspecified atom stereocenters. The quantitative estimate of drug-likeness (QED) is 0.853. The van der Waals surface area contributed by atoms with E-state index < -0.39 is 10.0 Å². The van der Waals surface area contributed by atoms with Gasteiger partial charge in [-0.25, -0.2) is 18.5 Å². The molecule has 0 spiro atoms. The van der Waals surface area contributed by atoms with Crippen molar-refractivity contribution in [3.63, 3.8) is 0 Å². The highest BCUT2D eigenvalue weighted by Gasteiger charge is 2.07. The van der Waals surface area contributed by atoms with Crippen molar-refractivity contribution >= 4 is 21.6 Å². The fraction of sp³-hybridized carbons (Fsp3) is 0.0833. The van der Waals surface area contributed by atoms with Gasteiger partial charge < -0.3 is 4.74 Å². The average molecular weight is 325 g/mol. The lowest BCUT2D eigenvalue weighted by molar-refractivity contribution is 0.461. The number of ether oxygens (including phenoxy) is 1. The van der Waals surface area contributed by atoms with Gasteiger partial charge in [-0.05, 0) is 29.3 Å². The normalized spacial score (nSPS) is 10.9. The number of nitrogens with two attached hydrogens (primary N) is 1. The first-order valence-electron chi connectivity index (χ1n) is 5.58. The van der Waals surface area contributed by atoms with Crippen LogP contribution in [-0.2, 0) is 15.8 Å². The first-order chi connectivity index (χ1) is 9.85. The fourth-order valence-corrected chi connectivity index (χ4v) is 2.34. The minimum Gasteiger partial charge on any atom is -0.439 e. The van der Waals surface area contributed by atoms with Crippen LogP contribution in [0.3, 0.4) is 0 Å². The zero-order valence-electron chi connectivity index (χ0n) is 10.5. The standard InChI is InChI=1S/C12H9ClN4O3S/c13-12-16-9(6-14)5-11(17-12)20-10-3-1-8(2-4-10)7-21(15,18)19/h1-5H,7H2,(H2,15,18,19). The van der Waals surface area contributed by atoms with Crippen LogP contribution in [0.15, 0.2) is 30.3 Å². The number of hydrogen-bond acceptors (Lipinski definition) is 6. The lowest BCUT2D eigenvalue weighted by Gasteiger charge is -2.06. The largest absolute Gasteiger partial charge is 0.439 e. The average Bonchev–Trinajstić information content (AvgIpc) is 2.38. The van der Waals surface area contributed by atoms with Crippen molar-refractivity contribution in [3.05, 3.63) is 46.9 Å². The van der Waals surface area contributed by atoms with E-state index in [2.05, 4.69) is 9.97 Å². The van der Waals surface area contributed by atoms with Gasteiger partial charge in [0.25, 0.3) is 0 Å². The van der Waals surface area contributed by atoms with Crippen molar-refractivity contribution in [2.24, 2.45) is 5.14 Å². The molecule has 2 rings (SSSR count). The molecule has 0 bridgehead atoms. The van der Waals surface area contributed by atoms with Gasteiger partial charge in [-0.2, -0.15) is 10.2 Å². The van der Waals surface area contributed by atoms with Gasteiger partial charge in [0.1, 0.15) is 17.5 Å². The van der Waals surface area contributed by atoms with E-state index in [-0.39, 0.29) is 22.6 Å². The number of nitrogens with zero attached hydrogens (tertiary/aromatic N) is 3. The molecule has 0 amide bonds. The fourth-order valence-electron chi connectivity index (χ4n) is 1.51. The van der Waals surface area contributed by atoms with Crippen LogP contribution in [0.5, 0.6) is 11.6 Å². The Kier molecular flexibility index (Phi) is 4.37. The second-order valence-corrected chi connectivity index (χ2v) is 5.98. The first-order valence-corrected chi connectivity index (χ1v) is 7.67. The Morgan fingerprint density at radius 1 is 1.29 bits per heavy atom. The van der Waals surface area contributed by atoms with E-state index in [0.29, 0.717) is 11.3 Å². The van der Waals surface area contributed by atoms with E-state index in [1.165, 1.54) is 6.07 Å². The molecule has 7 nitrogen and oxygen atoms in total. The van der Waals surface area contributed by atoms with E-state index in [9.17, 15) is 8.42 Å². The molecule has 0 saturated heterocycles. The number of benzene rings is 1. The van der Waals surface area contributed by atoms with Crippen molar-refractivity contribution in [3.8, 4) is 17.7 Å². The molecule has 0 atom stereocenters. The summed E-state index contributed by atoms with van der Waals surface area (Å²) in [5.74, 6) is 0.267. The Morgan fingerprint density at radius 3 is 2.52 bits per heavy atom. The summed E-state index contributed by atoms with van der Waals surface area (Å²) in [6.07, 6.45) is 0. The van der Waals surface area contributed by atoms with Crippen LogP contribution in [0.2, 0.25) is 5.28 Å². The summed E-state index contributed by atoms with van der Waals surface area (Å²) in [6.45, 7) is 0. The Hall–Kier alpha value is -2.21. The maximum Gasteiger partial charge on any atom is 0.226 e. The van der Waals surface area contributed by atoms with E-state index in [0.717, 1.165) is 0 Å². The highest BCUT2D eigenvalue weighted by Crippen LogP contribution is 2.22. The monoisotopic (exact) mass is 324 g/mol. The molecule has 1 aromatic heterocycles. The highest BCUT2D eigenvalue weighted by atomic mass is 35.5. The van der Waals surface area contributed by atoms with Crippen molar-refractivity contribution in [2.45, 2.75) is 5.75 Å². The van der Waals surface area contributed by atoms with Crippen LogP contribution in [-0.4, -0.2) is 18.4 Å². The summed E-state index contributed by atoms with van der Waals surface area (Å²) < 4.78 is 27.4. The number of primary sulfonamides is 1. The molecule has 1 heterocycles. The van der Waals surface area contributed by atoms with Crippen LogP contribution in [0, 0.1) is 11.3 Å². The lowest BCUT2D eigenvalue weighted by Crippen LogP contribution is -2.14. The third-order valence-electron chi connectivity index (χ3n) is 2.30. The predicted octanol–water partition coefficient (Wildman–Crippen LogP) is 1.58. The van der Waals surface area contributed by atoms with Crippen LogP contribution >= 0.6 is 11.6 Å². The molecular formula is C12H9ClN4O3S. The molecular weight excluding hydrogens is 316 g/mol. The molecule has 21 heavy (non-hydrogen) atoms. The second kappa shape index (κ2) is 6.05. The summed E-state index contributed by atoms with van der Waals surface area (Å²) in [5.41, 5.74) is 0.610. The molecule has 9 heteroatoms. The van der Waals surface area contributed by atoms with Crippen LogP contribution in [0.1, 0.15) is 11.3 Å². The Morgan fingerprint density at radius 2 is 1.95 bits per heavy atom. The molecule has 0 fully saturated rings. The molecule has 0 saturated carbocycles. The van der Waals surface area contributed by atoms with Crippen molar-refractivity contribution in [1.29, 1.82) is 5.26 Å². The lowest BCUT2D eigenvalue weighted by atomic mass is 10.2. The SMILES string of the molecule is N#Cc1cc(Oc2ccc(CS(N)(=O)=O)cc2)nc(Cl)n1. The third kappa shape index (κ3) is 4.68. The van der Waals surface area contributed by atoms with E-state index in [4.69, 9.17) is 26.7 Å². The number of halogens is 1. The van der Waals surface area contributed by atoms with Gasteiger partial charge in [0.2, 0.25) is 21.2 Å². The number of sulfonamides is 1. The van der Waals surface area contributed by atoms with Gasteiger partial charge in [-0.1, -0.05) is 12.1 Å². The third-order valence-corrected chi connectivity index (χ3v) is 3.21. The Labute approximate surface area is 126 Å². The van der Waals surface area contributed by atoms with Crippen LogP contribution in [0.25, 0.3) is 0 Å². The van der Waals surface area contributed by atoms with Crippen molar-refractivity contribution in [2.75, 3.05) is 0 Å². The molecule has 0 radical (unpaired) electrons. The summed E-state index contributed by atoms with van der Waals surface area (Å²) in [6, 6.07) is 9.41. The molecule has 108 valence electrons. The maximum absolute atomic E-state index is 11.0.